The van der Waals surface area contributed by atoms with Crippen LogP contribution in [0.1, 0.15) is 90.3 Å². The van der Waals surface area contributed by atoms with Crippen molar-refractivity contribution < 1.29 is 24.6 Å². The molecular weight excluding hydrogens is 584 g/mol. The first-order valence-electron chi connectivity index (χ1n) is 16.8. The minimum atomic E-state index is -0.967. The molecule has 11 nitrogen and oxygen atoms in total. The van der Waals surface area contributed by atoms with Crippen LogP contribution in [0.25, 0.3) is 0 Å². The van der Waals surface area contributed by atoms with Crippen LogP contribution in [0.5, 0.6) is 0 Å². The molecule has 1 aliphatic rings. The normalized spacial score (nSPS) is 17.5. The van der Waals surface area contributed by atoms with Gasteiger partial charge in [-0.3, -0.25) is 14.4 Å². The zero-order valence-electron chi connectivity index (χ0n) is 28.2. The lowest BCUT2D eigenvalue weighted by molar-refractivity contribution is -0.142. The van der Waals surface area contributed by atoms with Gasteiger partial charge < -0.3 is 36.5 Å². The summed E-state index contributed by atoms with van der Waals surface area (Å²) in [5.41, 5.74) is 6.84. The number of amides is 3. The first-order chi connectivity index (χ1) is 21.7. The second-order valence-corrected chi connectivity index (χ2v) is 14.2. The highest BCUT2D eigenvalue weighted by atomic mass is 16.3. The van der Waals surface area contributed by atoms with Gasteiger partial charge in [-0.15, -0.1) is 0 Å². The number of hydrogen-bond acceptors (Lipinski definition) is 7. The molecule has 1 aromatic carbocycles. The first kappa shape index (κ1) is 37.2. The van der Waals surface area contributed by atoms with E-state index < -0.39 is 47.7 Å². The number of aliphatic hydroxyl groups is 2. The summed E-state index contributed by atoms with van der Waals surface area (Å²) in [5.74, 6) is -0.889. The second-order valence-electron chi connectivity index (χ2n) is 14.2. The van der Waals surface area contributed by atoms with E-state index in [1.54, 1.807) is 27.1 Å². The van der Waals surface area contributed by atoms with Crippen molar-refractivity contribution >= 4 is 17.7 Å². The quantitative estimate of drug-likeness (QED) is 0.154. The number of nitrogens with zero attached hydrogens (tertiary/aromatic N) is 2. The number of H-pyrrole nitrogens is 1. The molecule has 46 heavy (non-hydrogen) atoms. The van der Waals surface area contributed by atoms with Gasteiger partial charge in [-0.25, -0.2) is 4.98 Å². The number of hydrogen-bond donors (Lipinski definition) is 6. The molecule has 0 saturated heterocycles. The molecule has 1 aliphatic carbocycles. The maximum atomic E-state index is 14.2. The molecule has 11 heteroatoms. The Morgan fingerprint density at radius 1 is 1.04 bits per heavy atom. The summed E-state index contributed by atoms with van der Waals surface area (Å²) in [6.07, 6.45) is 8.06. The number of rotatable bonds is 17. The van der Waals surface area contributed by atoms with Gasteiger partial charge in [0.05, 0.1) is 24.6 Å². The maximum absolute atomic E-state index is 14.2. The highest BCUT2D eigenvalue weighted by Crippen LogP contribution is 2.29. The molecule has 3 amide bonds. The highest BCUT2D eigenvalue weighted by molar-refractivity contribution is 5.92. The number of aromatic nitrogens is 2. The zero-order chi connectivity index (χ0) is 33.9. The van der Waals surface area contributed by atoms with Crippen molar-refractivity contribution in [2.24, 2.45) is 17.6 Å². The smallest absolute Gasteiger partial charge is 0.245 e. The lowest BCUT2D eigenvalue weighted by Gasteiger charge is -2.35. The van der Waals surface area contributed by atoms with Crippen molar-refractivity contribution in [2.75, 3.05) is 7.05 Å². The lowest BCUT2D eigenvalue weighted by atomic mass is 9.82. The fourth-order valence-electron chi connectivity index (χ4n) is 6.18. The predicted molar refractivity (Wildman–Crippen MR) is 178 cm³/mol. The van der Waals surface area contributed by atoms with Crippen LogP contribution in [0.15, 0.2) is 42.9 Å². The van der Waals surface area contributed by atoms with Gasteiger partial charge in [0.15, 0.2) is 0 Å². The molecule has 0 aliphatic heterocycles. The Bertz CT molecular complexity index is 1210. The fourth-order valence-corrected chi connectivity index (χ4v) is 6.18. The van der Waals surface area contributed by atoms with Gasteiger partial charge in [0.2, 0.25) is 17.7 Å². The van der Waals surface area contributed by atoms with Gasteiger partial charge in [0.1, 0.15) is 12.1 Å². The minimum absolute atomic E-state index is 0.0241. The third-order valence-corrected chi connectivity index (χ3v) is 8.97. The molecule has 1 aromatic heterocycles. The summed E-state index contributed by atoms with van der Waals surface area (Å²) in [6.45, 7) is 7.28. The van der Waals surface area contributed by atoms with E-state index in [-0.39, 0.29) is 37.5 Å². The first-order valence-corrected chi connectivity index (χ1v) is 16.8. The average molecular weight is 641 g/mol. The molecule has 0 radical (unpaired) electrons. The molecule has 7 N–H and O–H groups in total. The van der Waals surface area contributed by atoms with Crippen molar-refractivity contribution in [2.45, 2.75) is 128 Å². The number of likely N-dealkylation sites (N-methyl/N-ethyl adjacent to an activating group) is 1. The molecule has 5 atom stereocenters. The minimum Gasteiger partial charge on any atom is -0.393 e. The SMILES string of the molecule is CC(C)[C@@H](O)C[C@H](O)[C@H](CC1CCCCC1)NC(=O)[C@H](Cc1cnc[nH]1)N(C)C(=O)[C@H](Cc1ccccc1)NC(=O)CC(C)(C)N. The van der Waals surface area contributed by atoms with Crippen LogP contribution in [0.4, 0.5) is 0 Å². The van der Waals surface area contributed by atoms with Gasteiger partial charge >= 0.3 is 0 Å². The number of aromatic amines is 1. The monoisotopic (exact) mass is 640 g/mol. The average Bonchev–Trinajstić information content (AvgIpc) is 3.52. The van der Waals surface area contributed by atoms with Gasteiger partial charge in [0.25, 0.3) is 0 Å². The molecule has 0 spiro atoms. The third kappa shape index (κ3) is 12.1. The van der Waals surface area contributed by atoms with Crippen molar-refractivity contribution in [3.8, 4) is 0 Å². The number of nitrogens with one attached hydrogen (secondary N) is 3. The number of benzene rings is 1. The van der Waals surface area contributed by atoms with Crippen molar-refractivity contribution in [1.29, 1.82) is 0 Å². The van der Waals surface area contributed by atoms with Crippen LogP contribution >= 0.6 is 0 Å². The summed E-state index contributed by atoms with van der Waals surface area (Å²) in [5, 5.41) is 27.8. The van der Waals surface area contributed by atoms with Gasteiger partial charge in [-0.05, 0) is 37.7 Å². The van der Waals surface area contributed by atoms with Gasteiger partial charge in [0, 0.05) is 50.2 Å². The molecule has 0 unspecified atom stereocenters. The second kappa shape index (κ2) is 17.6. The standard InChI is InChI=1S/C35H56N6O5/c1-23(2)30(42)19-31(43)27(16-24-12-8-6-9-13-24)40-33(45)29(18-26-21-37-22-38-26)41(5)34(46)28(17-25-14-10-7-11-15-25)39-32(44)20-35(3,4)36/h7,10-11,14-15,21-24,27-31,42-43H,6,8-9,12-13,16-20,36H2,1-5H3,(H,37,38)(H,39,44)(H,40,45)/t27-,28-,29-,30-,31-/m0/s1. The third-order valence-electron chi connectivity index (χ3n) is 8.97. The highest BCUT2D eigenvalue weighted by Gasteiger charge is 2.36. The van der Waals surface area contributed by atoms with E-state index in [0.29, 0.717) is 18.0 Å². The summed E-state index contributed by atoms with van der Waals surface area (Å²) in [4.78, 5) is 49.8. The van der Waals surface area contributed by atoms with Crippen molar-refractivity contribution in [3.63, 3.8) is 0 Å². The topological polar surface area (TPSA) is 174 Å². The largest absolute Gasteiger partial charge is 0.393 e. The molecular formula is C35H56N6O5. The van der Waals surface area contributed by atoms with Crippen LogP contribution in [0.2, 0.25) is 0 Å². The Balaban J connectivity index is 1.88. The molecule has 1 fully saturated rings. The van der Waals surface area contributed by atoms with Crippen molar-refractivity contribution in [1.82, 2.24) is 25.5 Å². The lowest BCUT2D eigenvalue weighted by Crippen LogP contribution is -2.58. The Morgan fingerprint density at radius 3 is 2.30 bits per heavy atom. The van der Waals surface area contributed by atoms with Crippen molar-refractivity contribution in [3.05, 3.63) is 54.1 Å². The van der Waals surface area contributed by atoms with E-state index >= 15 is 0 Å². The summed E-state index contributed by atoms with van der Waals surface area (Å²) in [7, 11) is 1.56. The molecule has 1 heterocycles. The van der Waals surface area contributed by atoms with E-state index in [2.05, 4.69) is 20.6 Å². The number of carbonyl (C=O) groups is 3. The number of aliphatic hydroxyl groups excluding tert-OH is 2. The predicted octanol–water partition coefficient (Wildman–Crippen LogP) is 2.86. The number of imidazole rings is 1. The van der Waals surface area contributed by atoms with Crippen LogP contribution < -0.4 is 16.4 Å². The van der Waals surface area contributed by atoms with Crippen LogP contribution in [0.3, 0.4) is 0 Å². The van der Waals surface area contributed by atoms with E-state index in [1.807, 2.05) is 44.2 Å². The van der Waals surface area contributed by atoms with Crippen LogP contribution in [-0.4, -0.2) is 85.7 Å². The van der Waals surface area contributed by atoms with Gasteiger partial charge in [-0.1, -0.05) is 76.3 Å². The zero-order valence-corrected chi connectivity index (χ0v) is 28.2. The van der Waals surface area contributed by atoms with E-state index in [9.17, 15) is 24.6 Å². The Labute approximate surface area is 274 Å². The Kier molecular flexibility index (Phi) is 14.2. The van der Waals surface area contributed by atoms with Crippen LogP contribution in [0, 0.1) is 11.8 Å². The Hall–Kier alpha value is -3.28. The molecule has 1 saturated carbocycles. The molecule has 256 valence electrons. The Morgan fingerprint density at radius 2 is 1.72 bits per heavy atom. The molecule has 0 bridgehead atoms. The van der Waals surface area contributed by atoms with Gasteiger partial charge in [-0.2, -0.15) is 0 Å². The maximum Gasteiger partial charge on any atom is 0.245 e. The summed E-state index contributed by atoms with van der Waals surface area (Å²) < 4.78 is 0. The number of carbonyl (C=O) groups excluding carboxylic acids is 3. The number of nitrogens with two attached hydrogens (primary N) is 1. The van der Waals surface area contributed by atoms with E-state index in [1.165, 1.54) is 17.6 Å². The van der Waals surface area contributed by atoms with E-state index in [4.69, 9.17) is 5.73 Å². The summed E-state index contributed by atoms with van der Waals surface area (Å²) >= 11 is 0. The van der Waals surface area contributed by atoms with E-state index in [0.717, 1.165) is 31.2 Å². The molecule has 2 aromatic rings. The van der Waals surface area contributed by atoms with Crippen LogP contribution in [-0.2, 0) is 27.2 Å². The summed E-state index contributed by atoms with van der Waals surface area (Å²) in [6, 6.07) is 6.89. The fraction of sp³-hybridized carbons (Fsp3) is 0.657. The molecule has 3 rings (SSSR count).